The third kappa shape index (κ3) is 4.37. The Balaban J connectivity index is 2.20. The van der Waals surface area contributed by atoms with Crippen LogP contribution in [0.3, 0.4) is 0 Å². The van der Waals surface area contributed by atoms with Crippen LogP contribution in [-0.4, -0.2) is 21.3 Å². The summed E-state index contributed by atoms with van der Waals surface area (Å²) in [7, 11) is 0. The maximum Gasteiger partial charge on any atom is 0.140 e. The highest BCUT2D eigenvalue weighted by atomic mass is 32.2. The Morgan fingerprint density at radius 1 is 1.15 bits per heavy atom. The van der Waals surface area contributed by atoms with Crippen LogP contribution >= 0.6 is 11.8 Å². The molecule has 1 aliphatic rings. The Hall–Kier alpha value is -0.770. The molecule has 0 bridgehead atoms. The summed E-state index contributed by atoms with van der Waals surface area (Å²) in [4.78, 5) is 9.60. The van der Waals surface area contributed by atoms with Crippen LogP contribution < -0.4 is 5.32 Å². The zero-order chi connectivity index (χ0) is 14.6. The van der Waals surface area contributed by atoms with Gasteiger partial charge in [0.15, 0.2) is 0 Å². The van der Waals surface area contributed by atoms with Crippen molar-refractivity contribution < 1.29 is 0 Å². The van der Waals surface area contributed by atoms with E-state index in [1.54, 1.807) is 0 Å². The summed E-state index contributed by atoms with van der Waals surface area (Å²) < 4.78 is 0.260. The van der Waals surface area contributed by atoms with E-state index in [-0.39, 0.29) is 4.75 Å². The number of fused-ring (bicyclic) bond motifs is 1. The molecular formula is C16H27N3S. The van der Waals surface area contributed by atoms with Gasteiger partial charge in [0.1, 0.15) is 11.6 Å². The standard InChI is InChI=1S/C16H27N3S/c1-5-10-17-15-12-8-6-7-9-13(12)18-14(19-15)11-20-16(2,3)4/h5-11H2,1-4H3,(H,17,18,19). The molecule has 0 fully saturated rings. The van der Waals surface area contributed by atoms with Crippen LogP contribution in [0.4, 0.5) is 5.82 Å². The molecule has 0 atom stereocenters. The second-order valence-electron chi connectivity index (χ2n) is 6.45. The van der Waals surface area contributed by atoms with Gasteiger partial charge < -0.3 is 5.32 Å². The average molecular weight is 293 g/mol. The van der Waals surface area contributed by atoms with E-state index in [2.05, 4.69) is 33.0 Å². The second-order valence-corrected chi connectivity index (χ2v) is 8.25. The predicted octanol–water partition coefficient (Wildman–Crippen LogP) is 4.21. The van der Waals surface area contributed by atoms with E-state index in [1.807, 2.05) is 11.8 Å². The van der Waals surface area contributed by atoms with Crippen molar-refractivity contribution in [2.24, 2.45) is 0 Å². The number of nitrogens with one attached hydrogen (secondary N) is 1. The first kappa shape index (κ1) is 15.6. The summed E-state index contributed by atoms with van der Waals surface area (Å²) in [6.07, 6.45) is 5.92. The van der Waals surface area contributed by atoms with Gasteiger partial charge in [-0.1, -0.05) is 27.7 Å². The molecule has 0 saturated carbocycles. The molecule has 0 unspecified atom stereocenters. The fraction of sp³-hybridized carbons (Fsp3) is 0.750. The smallest absolute Gasteiger partial charge is 0.140 e. The first-order chi connectivity index (χ1) is 9.49. The lowest BCUT2D eigenvalue weighted by molar-refractivity contribution is 0.658. The molecular weight excluding hydrogens is 266 g/mol. The van der Waals surface area contributed by atoms with E-state index in [0.29, 0.717) is 0 Å². The molecule has 1 aliphatic carbocycles. The van der Waals surface area contributed by atoms with E-state index in [0.717, 1.165) is 43.2 Å². The molecule has 112 valence electrons. The van der Waals surface area contributed by atoms with Gasteiger partial charge in [-0.05, 0) is 32.1 Å². The Morgan fingerprint density at radius 2 is 1.90 bits per heavy atom. The van der Waals surface area contributed by atoms with Gasteiger partial charge in [-0.15, -0.1) is 11.8 Å². The van der Waals surface area contributed by atoms with E-state index in [4.69, 9.17) is 9.97 Å². The zero-order valence-corrected chi connectivity index (χ0v) is 14.1. The molecule has 4 heteroatoms. The molecule has 2 rings (SSSR count). The van der Waals surface area contributed by atoms with Crippen molar-refractivity contribution in [2.45, 2.75) is 70.3 Å². The highest BCUT2D eigenvalue weighted by Gasteiger charge is 2.19. The molecule has 0 aliphatic heterocycles. The van der Waals surface area contributed by atoms with Crippen molar-refractivity contribution in [1.29, 1.82) is 0 Å². The first-order valence-electron chi connectivity index (χ1n) is 7.76. The Kier molecular flexibility index (Phi) is 5.30. The van der Waals surface area contributed by atoms with Crippen molar-refractivity contribution in [1.82, 2.24) is 9.97 Å². The van der Waals surface area contributed by atoms with Crippen LogP contribution in [0, 0.1) is 0 Å². The maximum atomic E-state index is 4.81. The van der Waals surface area contributed by atoms with Gasteiger partial charge in [0.25, 0.3) is 0 Å². The Morgan fingerprint density at radius 3 is 2.60 bits per heavy atom. The van der Waals surface area contributed by atoms with Crippen LogP contribution in [0.15, 0.2) is 0 Å². The highest BCUT2D eigenvalue weighted by Crippen LogP contribution is 2.29. The fourth-order valence-electron chi connectivity index (χ4n) is 2.38. The number of thioether (sulfide) groups is 1. The summed E-state index contributed by atoms with van der Waals surface area (Å²) in [6, 6.07) is 0. The number of rotatable bonds is 5. The van der Waals surface area contributed by atoms with Gasteiger partial charge in [-0.25, -0.2) is 9.97 Å². The van der Waals surface area contributed by atoms with E-state index in [1.165, 1.54) is 24.1 Å². The second kappa shape index (κ2) is 6.79. The average Bonchev–Trinajstić information content (AvgIpc) is 2.41. The quantitative estimate of drug-likeness (QED) is 0.882. The number of anilines is 1. The van der Waals surface area contributed by atoms with Crippen LogP contribution in [0.25, 0.3) is 0 Å². The molecule has 1 N–H and O–H groups in total. The summed E-state index contributed by atoms with van der Waals surface area (Å²) in [5, 5.41) is 3.50. The molecule has 0 spiro atoms. The minimum atomic E-state index is 0.260. The lowest BCUT2D eigenvalue weighted by Gasteiger charge is -2.21. The van der Waals surface area contributed by atoms with Gasteiger partial charge in [-0.3, -0.25) is 0 Å². The minimum absolute atomic E-state index is 0.260. The fourth-order valence-corrected chi connectivity index (χ4v) is 3.07. The molecule has 1 aromatic rings. The van der Waals surface area contributed by atoms with E-state index < -0.39 is 0 Å². The molecule has 3 nitrogen and oxygen atoms in total. The third-order valence-electron chi connectivity index (χ3n) is 3.41. The normalized spacial score (nSPS) is 15.0. The van der Waals surface area contributed by atoms with E-state index in [9.17, 15) is 0 Å². The highest BCUT2D eigenvalue weighted by molar-refractivity contribution is 7.99. The largest absolute Gasteiger partial charge is 0.370 e. The first-order valence-corrected chi connectivity index (χ1v) is 8.74. The molecule has 0 saturated heterocycles. The van der Waals surface area contributed by atoms with Crippen molar-refractivity contribution in [3.63, 3.8) is 0 Å². The number of nitrogens with zero attached hydrogens (tertiary/aromatic N) is 2. The van der Waals surface area contributed by atoms with Crippen molar-refractivity contribution in [3.8, 4) is 0 Å². The van der Waals surface area contributed by atoms with Crippen LogP contribution in [-0.2, 0) is 18.6 Å². The van der Waals surface area contributed by atoms with Gasteiger partial charge in [-0.2, -0.15) is 0 Å². The van der Waals surface area contributed by atoms with Crippen molar-refractivity contribution >= 4 is 17.6 Å². The Bertz CT molecular complexity index is 452. The minimum Gasteiger partial charge on any atom is -0.370 e. The van der Waals surface area contributed by atoms with Gasteiger partial charge >= 0.3 is 0 Å². The molecule has 1 heterocycles. The zero-order valence-electron chi connectivity index (χ0n) is 13.3. The summed E-state index contributed by atoms with van der Waals surface area (Å²) in [5.74, 6) is 2.99. The number of aromatic nitrogens is 2. The van der Waals surface area contributed by atoms with Crippen molar-refractivity contribution in [3.05, 3.63) is 17.1 Å². The molecule has 0 radical (unpaired) electrons. The summed E-state index contributed by atoms with van der Waals surface area (Å²) in [5.41, 5.74) is 2.66. The summed E-state index contributed by atoms with van der Waals surface area (Å²) in [6.45, 7) is 9.91. The number of hydrogen-bond donors (Lipinski definition) is 1. The predicted molar refractivity (Wildman–Crippen MR) is 88.5 cm³/mol. The van der Waals surface area contributed by atoms with Gasteiger partial charge in [0.2, 0.25) is 0 Å². The Labute approximate surface area is 127 Å². The molecule has 0 amide bonds. The topological polar surface area (TPSA) is 37.8 Å². The van der Waals surface area contributed by atoms with Crippen LogP contribution in [0.1, 0.15) is 64.0 Å². The van der Waals surface area contributed by atoms with Gasteiger partial charge in [0.05, 0.1) is 5.75 Å². The third-order valence-corrected chi connectivity index (χ3v) is 4.67. The monoisotopic (exact) mass is 293 g/mol. The van der Waals surface area contributed by atoms with Crippen LogP contribution in [0.5, 0.6) is 0 Å². The number of hydrogen-bond acceptors (Lipinski definition) is 4. The lowest BCUT2D eigenvalue weighted by atomic mass is 9.96. The summed E-state index contributed by atoms with van der Waals surface area (Å²) >= 11 is 1.92. The van der Waals surface area contributed by atoms with E-state index >= 15 is 0 Å². The van der Waals surface area contributed by atoms with Crippen LogP contribution in [0.2, 0.25) is 0 Å². The SMILES string of the molecule is CCCNc1nc(CSC(C)(C)C)nc2c1CCCC2. The number of aryl methyl sites for hydroxylation is 1. The molecule has 0 aromatic carbocycles. The maximum absolute atomic E-state index is 4.81. The van der Waals surface area contributed by atoms with Gasteiger partial charge in [0, 0.05) is 22.5 Å². The molecule has 20 heavy (non-hydrogen) atoms. The molecule has 1 aromatic heterocycles. The lowest BCUT2D eigenvalue weighted by Crippen LogP contribution is -2.16. The van der Waals surface area contributed by atoms with Crippen molar-refractivity contribution in [2.75, 3.05) is 11.9 Å².